The van der Waals surface area contributed by atoms with Crippen LogP contribution in [0.5, 0.6) is 0 Å². The maximum Gasteiger partial charge on any atom is 0.120 e. The molecule has 1 unspecified atom stereocenters. The summed E-state index contributed by atoms with van der Waals surface area (Å²) in [6.45, 7) is 10.3. The molecule has 3 nitrogen and oxygen atoms in total. The Morgan fingerprint density at radius 2 is 2.06 bits per heavy atom. The summed E-state index contributed by atoms with van der Waals surface area (Å²) >= 11 is 0. The van der Waals surface area contributed by atoms with Gasteiger partial charge in [0.25, 0.3) is 0 Å². The number of piperidine rings is 1. The number of nitrogens with zero attached hydrogens (tertiary/aromatic N) is 1. The maximum absolute atomic E-state index is 5.56. The molecule has 0 spiro atoms. The van der Waals surface area contributed by atoms with Crippen LogP contribution in [0.25, 0.3) is 0 Å². The average Bonchev–Trinajstić information content (AvgIpc) is 2.90. The number of furan rings is 1. The zero-order valence-electron chi connectivity index (χ0n) is 11.9. The smallest absolute Gasteiger partial charge is 0.120 e. The summed E-state index contributed by atoms with van der Waals surface area (Å²) in [5.74, 6) is 1.91. The van der Waals surface area contributed by atoms with E-state index in [1.54, 1.807) is 6.26 Å². The zero-order valence-corrected chi connectivity index (χ0v) is 11.9. The van der Waals surface area contributed by atoms with Crippen molar-refractivity contribution in [1.82, 2.24) is 10.2 Å². The van der Waals surface area contributed by atoms with Crippen LogP contribution in [0, 0.1) is 5.92 Å². The summed E-state index contributed by atoms with van der Waals surface area (Å²) in [6, 6.07) is 4.99. The minimum Gasteiger partial charge on any atom is -0.468 e. The van der Waals surface area contributed by atoms with Crippen molar-refractivity contribution >= 4 is 0 Å². The van der Waals surface area contributed by atoms with Crippen LogP contribution in [-0.2, 0) is 0 Å². The largest absolute Gasteiger partial charge is 0.468 e. The van der Waals surface area contributed by atoms with Crippen LogP contribution in [0.2, 0.25) is 0 Å². The van der Waals surface area contributed by atoms with Gasteiger partial charge in [0.2, 0.25) is 0 Å². The van der Waals surface area contributed by atoms with Gasteiger partial charge in [0.15, 0.2) is 0 Å². The summed E-state index contributed by atoms with van der Waals surface area (Å²) in [5.41, 5.74) is 0. The fourth-order valence-corrected chi connectivity index (χ4v) is 2.87. The van der Waals surface area contributed by atoms with Gasteiger partial charge in [-0.15, -0.1) is 0 Å². The molecular weight excluding hydrogens is 224 g/mol. The monoisotopic (exact) mass is 250 g/mol. The highest BCUT2D eigenvalue weighted by molar-refractivity contribution is 5.04. The highest BCUT2D eigenvalue weighted by Gasteiger charge is 2.24. The van der Waals surface area contributed by atoms with Crippen molar-refractivity contribution in [2.75, 3.05) is 19.6 Å². The molecule has 1 atom stereocenters. The third-order valence-corrected chi connectivity index (χ3v) is 4.04. The lowest BCUT2D eigenvalue weighted by atomic mass is 9.96. The lowest BCUT2D eigenvalue weighted by molar-refractivity contribution is 0.112. The molecule has 1 aliphatic heterocycles. The third-order valence-electron chi connectivity index (χ3n) is 4.04. The lowest BCUT2D eigenvalue weighted by Crippen LogP contribution is -2.40. The molecule has 0 saturated carbocycles. The van der Waals surface area contributed by atoms with Gasteiger partial charge < -0.3 is 9.73 Å². The van der Waals surface area contributed by atoms with Crippen LogP contribution in [0.1, 0.15) is 45.4 Å². The maximum atomic E-state index is 5.56. The highest BCUT2D eigenvalue weighted by Crippen LogP contribution is 2.26. The molecule has 1 aromatic heterocycles. The Hall–Kier alpha value is -0.800. The van der Waals surface area contributed by atoms with Crippen molar-refractivity contribution in [1.29, 1.82) is 0 Å². The topological polar surface area (TPSA) is 28.4 Å². The second-order valence-electron chi connectivity index (χ2n) is 5.68. The first-order valence-electron chi connectivity index (χ1n) is 7.18. The lowest BCUT2D eigenvalue weighted by Gasteiger charge is -2.36. The second kappa shape index (κ2) is 6.39. The minimum absolute atomic E-state index is 0.370. The van der Waals surface area contributed by atoms with Gasteiger partial charge >= 0.3 is 0 Å². The van der Waals surface area contributed by atoms with E-state index in [2.05, 4.69) is 37.1 Å². The molecule has 0 radical (unpaired) electrons. The third kappa shape index (κ3) is 3.36. The van der Waals surface area contributed by atoms with Crippen molar-refractivity contribution < 1.29 is 4.42 Å². The Bertz CT molecular complexity index is 328. The molecule has 0 bridgehead atoms. The van der Waals surface area contributed by atoms with Crippen molar-refractivity contribution in [3.05, 3.63) is 24.2 Å². The van der Waals surface area contributed by atoms with E-state index in [1.165, 1.54) is 32.5 Å². The van der Waals surface area contributed by atoms with Crippen LogP contribution < -0.4 is 5.32 Å². The molecule has 0 aromatic carbocycles. The Kier molecular flexibility index (Phi) is 4.84. The first-order chi connectivity index (χ1) is 8.68. The van der Waals surface area contributed by atoms with E-state index in [0.717, 1.165) is 11.7 Å². The quantitative estimate of drug-likeness (QED) is 0.870. The molecule has 2 heterocycles. The number of nitrogens with one attached hydrogen (secondary N) is 1. The van der Waals surface area contributed by atoms with Crippen molar-refractivity contribution in [3.8, 4) is 0 Å². The van der Waals surface area contributed by atoms with E-state index in [4.69, 9.17) is 4.42 Å². The summed E-state index contributed by atoms with van der Waals surface area (Å²) in [4.78, 5) is 2.56. The molecule has 1 aromatic rings. The number of hydrogen-bond donors (Lipinski definition) is 1. The van der Waals surface area contributed by atoms with E-state index in [0.29, 0.717) is 12.1 Å². The molecule has 1 N–H and O–H groups in total. The van der Waals surface area contributed by atoms with Gasteiger partial charge in [-0.1, -0.05) is 0 Å². The standard InChI is InChI=1S/C15H26N2O/c1-12(2)17(11-14-6-8-16-9-7-14)13(3)15-5-4-10-18-15/h4-5,10,12-14,16H,6-9,11H2,1-3H3. The molecule has 1 aliphatic rings. The summed E-state index contributed by atoms with van der Waals surface area (Å²) in [7, 11) is 0. The van der Waals surface area contributed by atoms with Crippen molar-refractivity contribution in [2.45, 2.75) is 45.7 Å². The molecule has 0 aliphatic carbocycles. The van der Waals surface area contributed by atoms with Gasteiger partial charge in [0.05, 0.1) is 12.3 Å². The normalized spacial score (nSPS) is 19.6. The van der Waals surface area contributed by atoms with E-state index >= 15 is 0 Å². The second-order valence-corrected chi connectivity index (χ2v) is 5.68. The van der Waals surface area contributed by atoms with Crippen LogP contribution in [0.4, 0.5) is 0 Å². The predicted molar refractivity (Wildman–Crippen MR) is 74.6 cm³/mol. The Labute approximate surface area is 111 Å². The first kappa shape index (κ1) is 13.6. The Balaban J connectivity index is 1.98. The van der Waals surface area contributed by atoms with Crippen molar-refractivity contribution in [3.63, 3.8) is 0 Å². The number of hydrogen-bond acceptors (Lipinski definition) is 3. The van der Waals surface area contributed by atoms with Gasteiger partial charge in [0.1, 0.15) is 5.76 Å². The van der Waals surface area contributed by atoms with Crippen LogP contribution in [-0.4, -0.2) is 30.6 Å². The first-order valence-corrected chi connectivity index (χ1v) is 7.18. The van der Waals surface area contributed by atoms with Gasteiger partial charge in [0, 0.05) is 12.6 Å². The van der Waals surface area contributed by atoms with Gasteiger partial charge in [-0.05, 0) is 64.8 Å². The Morgan fingerprint density at radius 1 is 1.33 bits per heavy atom. The molecule has 1 fully saturated rings. The molecule has 0 amide bonds. The fourth-order valence-electron chi connectivity index (χ4n) is 2.87. The minimum atomic E-state index is 0.370. The van der Waals surface area contributed by atoms with Gasteiger partial charge in [-0.25, -0.2) is 0 Å². The highest BCUT2D eigenvalue weighted by atomic mass is 16.3. The van der Waals surface area contributed by atoms with E-state index < -0.39 is 0 Å². The molecule has 1 saturated heterocycles. The zero-order chi connectivity index (χ0) is 13.0. The van der Waals surface area contributed by atoms with Gasteiger partial charge in [-0.2, -0.15) is 0 Å². The molecule has 2 rings (SSSR count). The fraction of sp³-hybridized carbons (Fsp3) is 0.733. The summed E-state index contributed by atoms with van der Waals surface area (Å²) < 4.78 is 5.56. The molecular formula is C15H26N2O. The molecule has 102 valence electrons. The predicted octanol–water partition coefficient (Wildman–Crippen LogP) is 3.05. The van der Waals surface area contributed by atoms with Crippen molar-refractivity contribution in [2.24, 2.45) is 5.92 Å². The summed E-state index contributed by atoms with van der Waals surface area (Å²) in [6.07, 6.45) is 4.37. The van der Waals surface area contributed by atoms with Crippen LogP contribution in [0.15, 0.2) is 22.8 Å². The summed E-state index contributed by atoms with van der Waals surface area (Å²) in [5, 5.41) is 3.44. The van der Waals surface area contributed by atoms with Gasteiger partial charge in [-0.3, -0.25) is 4.90 Å². The number of rotatable bonds is 5. The van der Waals surface area contributed by atoms with Crippen LogP contribution >= 0.6 is 0 Å². The molecule has 18 heavy (non-hydrogen) atoms. The average molecular weight is 250 g/mol. The molecule has 3 heteroatoms. The van der Waals surface area contributed by atoms with E-state index in [-0.39, 0.29) is 0 Å². The van der Waals surface area contributed by atoms with E-state index in [1.807, 2.05) is 6.07 Å². The Morgan fingerprint density at radius 3 is 2.61 bits per heavy atom. The SMILES string of the molecule is CC(C)N(CC1CCNCC1)C(C)c1ccco1. The van der Waals surface area contributed by atoms with Crippen LogP contribution in [0.3, 0.4) is 0 Å². The van der Waals surface area contributed by atoms with E-state index in [9.17, 15) is 0 Å².